The molecule has 0 radical (unpaired) electrons. The van der Waals surface area contributed by atoms with Crippen molar-refractivity contribution in [2.45, 2.75) is 119 Å². The fourth-order valence-electron chi connectivity index (χ4n) is 14.4. The number of aromatic amines is 1. The Labute approximate surface area is 387 Å². The minimum absolute atomic E-state index is 0.0124. The summed E-state index contributed by atoms with van der Waals surface area (Å²) in [6, 6.07) is 20.8. The van der Waals surface area contributed by atoms with Crippen LogP contribution in [0.2, 0.25) is 0 Å². The van der Waals surface area contributed by atoms with Gasteiger partial charge in [0.05, 0.1) is 25.1 Å². The molecule has 13 atom stereocenters. The summed E-state index contributed by atoms with van der Waals surface area (Å²) in [6.45, 7) is 1.55. The minimum atomic E-state index is -1.19. The number of Topliss-reactive ketones (excluding diaryl/α,β-unsaturated/α-hetero) is 2. The molecule has 11 rings (SSSR count). The van der Waals surface area contributed by atoms with Gasteiger partial charge in [0.25, 0.3) is 0 Å². The van der Waals surface area contributed by atoms with Crippen LogP contribution in [0.4, 0.5) is 0 Å². The number of benzene rings is 3. The quantitative estimate of drug-likeness (QED) is 0.0831. The number of phenols is 1. The maximum Gasteiger partial charge on any atom is 0.160 e. The van der Waals surface area contributed by atoms with Crippen LogP contribution >= 0.6 is 0 Å². The van der Waals surface area contributed by atoms with E-state index < -0.39 is 23.5 Å². The number of dihydropyridines is 1. The van der Waals surface area contributed by atoms with Crippen LogP contribution in [0.3, 0.4) is 0 Å². The Kier molecular flexibility index (Phi) is 11.4. The van der Waals surface area contributed by atoms with Gasteiger partial charge in [0, 0.05) is 61.5 Å². The molecule has 4 aromatic rings. The van der Waals surface area contributed by atoms with Crippen LogP contribution in [-0.2, 0) is 16.0 Å². The number of hydrogen-bond acceptors (Lipinski definition) is 9. The number of carbonyl (C=O) groups is 2. The van der Waals surface area contributed by atoms with E-state index in [1.165, 1.54) is 18.4 Å². The number of carbonyl (C=O) groups excluding carboxylic acids is 2. The molecule has 2 aliphatic heterocycles. The van der Waals surface area contributed by atoms with Crippen molar-refractivity contribution in [1.29, 1.82) is 0 Å². The molecule has 1 spiro atoms. The lowest BCUT2D eigenvalue weighted by molar-refractivity contribution is -0.136. The molecule has 3 heterocycles. The van der Waals surface area contributed by atoms with Gasteiger partial charge in [0.2, 0.25) is 0 Å². The molecule has 1 aromatic heterocycles. The molecule has 344 valence electrons. The number of piperidine rings is 1. The number of aryl methyl sites for hydroxylation is 1. The van der Waals surface area contributed by atoms with E-state index in [4.69, 9.17) is 10.5 Å². The summed E-state index contributed by atoms with van der Waals surface area (Å²) >= 11 is 0. The highest BCUT2D eigenvalue weighted by atomic mass is 16.5. The Hall–Kier alpha value is -5.34. The molecule has 66 heavy (non-hydrogen) atoms. The average molecular weight is 889 g/mol. The van der Waals surface area contributed by atoms with E-state index in [9.17, 15) is 24.9 Å². The monoisotopic (exact) mass is 888 g/mol. The predicted molar refractivity (Wildman–Crippen MR) is 255 cm³/mol. The second-order valence-electron chi connectivity index (χ2n) is 21.0. The number of H-pyrrole nitrogens is 1. The second-order valence-corrected chi connectivity index (χ2v) is 21.0. The van der Waals surface area contributed by atoms with Gasteiger partial charge < -0.3 is 41.4 Å². The molecule has 8 N–H and O–H groups in total. The Bertz CT molecular complexity index is 2670. The molecule has 10 nitrogen and oxygen atoms in total. The van der Waals surface area contributed by atoms with E-state index in [0.717, 1.165) is 58.8 Å². The second kappa shape index (κ2) is 17.4. The highest BCUT2D eigenvalue weighted by molar-refractivity contribution is 5.89. The predicted octanol–water partition coefficient (Wildman–Crippen LogP) is 7.75. The standard InChI is InChI=1S/C56H64N4O6/c1-66-49-23-36-9-11-50(64)56(17-13-34(24-51(56)65)38-21-39-30-60-47-28-41(62)27-45-42-15-19-59-55(42)46(22-38)53(39)54(45)47)16-12-32(44(36)29-48(49)63)8-10-40(61)26-43(37-14-18-58-52(57)25-37)35-7-6-31-4-2-3-5-33(31)20-35/h2-7,14-15,19-20,23,25,29,32,34,38-40,43,45-47,51,53-54,58-61,63,65H,8-11,13,17-18,21-22,24,26-28,30,57H2,1H3. The Morgan fingerprint density at radius 1 is 0.939 bits per heavy atom. The van der Waals surface area contributed by atoms with Crippen molar-refractivity contribution in [2.75, 3.05) is 20.2 Å². The first-order valence-corrected chi connectivity index (χ1v) is 24.7. The zero-order valence-corrected chi connectivity index (χ0v) is 38.0. The Morgan fingerprint density at radius 2 is 1.80 bits per heavy atom. The number of ether oxygens (including phenoxy) is 1. The summed E-state index contributed by atoms with van der Waals surface area (Å²) in [5.74, 6) is 10.8. The molecule has 3 saturated carbocycles. The SMILES string of the molecule is COc1cc2c(cc1O)C(CCC(O)CC(C1=CCNC(N)=C1)c1ccc3ccccc3c1)C#CC1(CCC(C3CC4CNC5CC(=O)CC6c7cc[nH]c7C(C3)C4C56)CC1O)C(=O)CC2. The maximum atomic E-state index is 14.6. The number of aromatic hydroxyl groups is 1. The molecule has 7 aliphatic rings. The number of fused-ring (bicyclic) bond motifs is 5. The lowest BCUT2D eigenvalue weighted by Crippen LogP contribution is -2.60. The van der Waals surface area contributed by atoms with Crippen LogP contribution in [-0.4, -0.2) is 70.3 Å². The molecule has 13 unspecified atom stereocenters. The Morgan fingerprint density at radius 3 is 2.64 bits per heavy atom. The van der Waals surface area contributed by atoms with Gasteiger partial charge in [-0.2, -0.15) is 0 Å². The molecular weight excluding hydrogens is 825 g/mol. The maximum absolute atomic E-state index is 14.6. The molecule has 0 amide bonds. The molecule has 4 fully saturated rings. The van der Waals surface area contributed by atoms with Gasteiger partial charge in [-0.15, -0.1) is 0 Å². The minimum Gasteiger partial charge on any atom is -0.504 e. The topological polar surface area (TPSA) is 170 Å². The number of rotatable bonds is 9. The number of aliphatic hydroxyl groups is 2. The average Bonchev–Trinajstić information content (AvgIpc) is 3.84. The fraction of sp³-hybridized carbons (Fsp3) is 0.500. The zero-order chi connectivity index (χ0) is 45.3. The largest absolute Gasteiger partial charge is 0.504 e. The highest BCUT2D eigenvalue weighted by Gasteiger charge is 2.58. The van der Waals surface area contributed by atoms with E-state index in [1.807, 2.05) is 24.3 Å². The molecule has 0 bridgehead atoms. The van der Waals surface area contributed by atoms with Crippen LogP contribution < -0.4 is 21.1 Å². The third kappa shape index (κ3) is 7.65. The third-order valence-corrected chi connectivity index (χ3v) is 17.6. The van der Waals surface area contributed by atoms with Gasteiger partial charge in [0.15, 0.2) is 17.3 Å². The molecule has 3 aromatic carbocycles. The molecule has 5 aliphatic carbocycles. The lowest BCUT2D eigenvalue weighted by Gasteiger charge is -2.59. The van der Waals surface area contributed by atoms with Gasteiger partial charge >= 0.3 is 0 Å². The van der Waals surface area contributed by atoms with Crippen molar-refractivity contribution < 1.29 is 29.6 Å². The summed E-state index contributed by atoms with van der Waals surface area (Å²) < 4.78 is 5.55. The van der Waals surface area contributed by atoms with Gasteiger partial charge in [-0.1, -0.05) is 60.4 Å². The van der Waals surface area contributed by atoms with Crippen LogP contribution in [0, 0.1) is 46.8 Å². The van der Waals surface area contributed by atoms with Gasteiger partial charge in [-0.05, 0) is 163 Å². The highest BCUT2D eigenvalue weighted by Crippen LogP contribution is 2.62. The first kappa shape index (κ1) is 43.2. The molecule has 10 heteroatoms. The molecular formula is C56H64N4O6. The van der Waals surface area contributed by atoms with Crippen molar-refractivity contribution >= 4 is 22.3 Å². The first-order chi connectivity index (χ1) is 32.1. The summed E-state index contributed by atoms with van der Waals surface area (Å²) in [5, 5.41) is 44.8. The van der Waals surface area contributed by atoms with E-state index in [-0.39, 0.29) is 35.8 Å². The van der Waals surface area contributed by atoms with Crippen molar-refractivity contribution in [1.82, 2.24) is 15.6 Å². The summed E-state index contributed by atoms with van der Waals surface area (Å²) in [7, 11) is 1.53. The number of ketones is 2. The fourth-order valence-corrected chi connectivity index (χ4v) is 14.4. The van der Waals surface area contributed by atoms with E-state index >= 15 is 0 Å². The van der Waals surface area contributed by atoms with Crippen LogP contribution in [0.1, 0.15) is 122 Å². The van der Waals surface area contributed by atoms with Crippen molar-refractivity contribution in [3.8, 4) is 23.3 Å². The first-order valence-electron chi connectivity index (χ1n) is 24.7. The third-order valence-electron chi connectivity index (χ3n) is 17.6. The van der Waals surface area contributed by atoms with Gasteiger partial charge in [-0.3, -0.25) is 9.59 Å². The van der Waals surface area contributed by atoms with E-state index in [0.29, 0.717) is 111 Å². The summed E-state index contributed by atoms with van der Waals surface area (Å²) in [4.78, 5) is 31.2. The number of aromatic nitrogens is 1. The normalized spacial score (nSPS) is 33.3. The van der Waals surface area contributed by atoms with Crippen molar-refractivity contribution in [3.05, 3.63) is 118 Å². The number of aliphatic hydroxyl groups excluding tert-OH is 2. The Balaban J connectivity index is 0.849. The van der Waals surface area contributed by atoms with Crippen molar-refractivity contribution in [3.63, 3.8) is 0 Å². The number of methoxy groups -OCH3 is 1. The smallest absolute Gasteiger partial charge is 0.160 e. The number of nitrogens with two attached hydrogens (primary N) is 1. The number of nitrogens with one attached hydrogen (secondary N) is 3. The zero-order valence-electron chi connectivity index (χ0n) is 38.0. The number of phenolic OH excluding ortho intramolecular Hbond substituents is 1. The number of allylic oxidation sites excluding steroid dienone is 2. The van der Waals surface area contributed by atoms with Crippen LogP contribution in [0.15, 0.2) is 90.4 Å². The van der Waals surface area contributed by atoms with Crippen LogP contribution in [0.5, 0.6) is 11.5 Å². The van der Waals surface area contributed by atoms with Gasteiger partial charge in [0.1, 0.15) is 11.2 Å². The number of hydrogen-bond donors (Lipinski definition) is 7. The summed E-state index contributed by atoms with van der Waals surface area (Å²) in [5.41, 5.74) is 11.7. The van der Waals surface area contributed by atoms with E-state index in [1.54, 1.807) is 6.07 Å². The molecule has 1 saturated heterocycles. The van der Waals surface area contributed by atoms with Crippen LogP contribution in [0.25, 0.3) is 10.8 Å². The summed E-state index contributed by atoms with van der Waals surface area (Å²) in [6.07, 6.45) is 12.0. The lowest BCUT2D eigenvalue weighted by atomic mass is 9.49. The van der Waals surface area contributed by atoms with Crippen molar-refractivity contribution in [2.24, 2.45) is 40.7 Å². The van der Waals surface area contributed by atoms with Gasteiger partial charge in [-0.25, -0.2) is 0 Å². The van der Waals surface area contributed by atoms with E-state index in [2.05, 4.69) is 76.1 Å².